The Morgan fingerprint density at radius 3 is 1.60 bits per heavy atom. The van der Waals surface area contributed by atoms with Gasteiger partial charge < -0.3 is 13.9 Å². The standard InChI is InChI=1S/C62H40N2O/c1-2-14-41(15-3-1)44-17-12-19-49(37-44)63(50-20-13-18-45(38-50)46-32-35-53-47(36-46)29-28-42-16-4-5-21-52(42)53)51-39-57(62-58(40-51)56-24-8-11-27-61(56)65-62)43-30-33-48(34-31-43)64-59-25-9-6-22-54(59)55-23-7-10-26-60(55)64/h1-40H. The quantitative estimate of drug-likeness (QED) is 0.149. The van der Waals surface area contributed by atoms with Crippen molar-refractivity contribution >= 4 is 82.4 Å². The van der Waals surface area contributed by atoms with E-state index in [1.54, 1.807) is 0 Å². The van der Waals surface area contributed by atoms with Gasteiger partial charge in [0, 0.05) is 49.9 Å². The Kier molecular flexibility index (Phi) is 8.53. The third-order valence-corrected chi connectivity index (χ3v) is 13.1. The summed E-state index contributed by atoms with van der Waals surface area (Å²) in [5, 5.41) is 9.67. The summed E-state index contributed by atoms with van der Waals surface area (Å²) in [6.07, 6.45) is 0. The number of fused-ring (bicyclic) bond motifs is 9. The van der Waals surface area contributed by atoms with Gasteiger partial charge in [0.1, 0.15) is 11.2 Å². The Morgan fingerprint density at radius 1 is 0.308 bits per heavy atom. The van der Waals surface area contributed by atoms with Crippen LogP contribution >= 0.6 is 0 Å². The molecule has 3 nitrogen and oxygen atoms in total. The van der Waals surface area contributed by atoms with Crippen molar-refractivity contribution in [1.82, 2.24) is 4.57 Å². The van der Waals surface area contributed by atoms with Gasteiger partial charge in [-0.15, -0.1) is 0 Å². The summed E-state index contributed by atoms with van der Waals surface area (Å²) < 4.78 is 9.16. The maximum absolute atomic E-state index is 6.79. The van der Waals surface area contributed by atoms with E-state index in [9.17, 15) is 0 Å². The van der Waals surface area contributed by atoms with Gasteiger partial charge in [0.25, 0.3) is 0 Å². The number of anilines is 3. The predicted molar refractivity (Wildman–Crippen MR) is 274 cm³/mol. The van der Waals surface area contributed by atoms with Crippen molar-refractivity contribution in [1.29, 1.82) is 0 Å². The van der Waals surface area contributed by atoms with Gasteiger partial charge in [-0.1, -0.05) is 170 Å². The molecule has 0 aliphatic carbocycles. The molecule has 65 heavy (non-hydrogen) atoms. The fraction of sp³-hybridized carbons (Fsp3) is 0. The first-order valence-electron chi connectivity index (χ1n) is 22.2. The number of aromatic nitrogens is 1. The van der Waals surface area contributed by atoms with Gasteiger partial charge in [0.2, 0.25) is 0 Å². The number of hydrogen-bond donors (Lipinski definition) is 0. The molecule has 0 saturated heterocycles. The Bertz CT molecular complexity index is 3900. The summed E-state index contributed by atoms with van der Waals surface area (Å²) in [5.74, 6) is 0. The molecular formula is C62H40N2O. The summed E-state index contributed by atoms with van der Waals surface area (Å²) >= 11 is 0. The maximum atomic E-state index is 6.79. The van der Waals surface area contributed by atoms with Crippen LogP contribution < -0.4 is 4.90 Å². The molecule has 11 aromatic carbocycles. The molecule has 13 rings (SSSR count). The zero-order valence-corrected chi connectivity index (χ0v) is 35.4. The van der Waals surface area contributed by atoms with E-state index in [2.05, 4.69) is 246 Å². The van der Waals surface area contributed by atoms with Gasteiger partial charge >= 0.3 is 0 Å². The minimum Gasteiger partial charge on any atom is -0.455 e. The highest BCUT2D eigenvalue weighted by molar-refractivity contribution is 6.13. The molecule has 0 aliphatic heterocycles. The van der Waals surface area contributed by atoms with E-state index in [1.165, 1.54) is 54.5 Å². The Hall–Kier alpha value is -8.66. The Morgan fingerprint density at radius 2 is 0.862 bits per heavy atom. The minimum atomic E-state index is 0.867. The molecule has 0 N–H and O–H groups in total. The highest BCUT2D eigenvalue weighted by Crippen LogP contribution is 2.45. The lowest BCUT2D eigenvalue weighted by Crippen LogP contribution is -2.10. The van der Waals surface area contributed by atoms with Gasteiger partial charge in [0.15, 0.2) is 0 Å². The van der Waals surface area contributed by atoms with Crippen molar-refractivity contribution in [3.63, 3.8) is 0 Å². The third-order valence-electron chi connectivity index (χ3n) is 13.1. The van der Waals surface area contributed by atoms with E-state index >= 15 is 0 Å². The van der Waals surface area contributed by atoms with Crippen molar-refractivity contribution in [2.24, 2.45) is 0 Å². The molecule has 3 heteroatoms. The van der Waals surface area contributed by atoms with Crippen LogP contribution in [0.4, 0.5) is 17.1 Å². The second kappa shape index (κ2) is 15.0. The second-order valence-electron chi connectivity index (χ2n) is 16.9. The van der Waals surface area contributed by atoms with E-state index in [0.717, 1.165) is 66.9 Å². The molecule has 0 spiro atoms. The average Bonchev–Trinajstić information content (AvgIpc) is 3.92. The number of nitrogens with zero attached hydrogens (tertiary/aromatic N) is 2. The van der Waals surface area contributed by atoms with Crippen LogP contribution in [-0.4, -0.2) is 4.57 Å². The van der Waals surface area contributed by atoms with E-state index in [4.69, 9.17) is 4.42 Å². The molecule has 0 bridgehead atoms. The van der Waals surface area contributed by atoms with Crippen LogP contribution in [0, 0.1) is 0 Å². The smallest absolute Gasteiger partial charge is 0.143 e. The van der Waals surface area contributed by atoms with Crippen molar-refractivity contribution in [2.45, 2.75) is 0 Å². The van der Waals surface area contributed by atoms with E-state index < -0.39 is 0 Å². The molecule has 13 aromatic rings. The molecule has 2 aromatic heterocycles. The van der Waals surface area contributed by atoms with E-state index in [-0.39, 0.29) is 0 Å². The van der Waals surface area contributed by atoms with E-state index in [0.29, 0.717) is 0 Å². The summed E-state index contributed by atoms with van der Waals surface area (Å²) in [6.45, 7) is 0. The number of hydrogen-bond acceptors (Lipinski definition) is 2. The number of para-hydroxylation sites is 3. The lowest BCUT2D eigenvalue weighted by Gasteiger charge is -2.27. The summed E-state index contributed by atoms with van der Waals surface area (Å²) in [6, 6.07) is 87.8. The van der Waals surface area contributed by atoms with Gasteiger partial charge in [-0.2, -0.15) is 0 Å². The van der Waals surface area contributed by atoms with Crippen molar-refractivity contribution in [3.8, 4) is 39.1 Å². The lowest BCUT2D eigenvalue weighted by atomic mass is 9.96. The van der Waals surface area contributed by atoms with Crippen LogP contribution in [0.5, 0.6) is 0 Å². The summed E-state index contributed by atoms with van der Waals surface area (Å²) in [4.78, 5) is 2.40. The van der Waals surface area contributed by atoms with Crippen molar-refractivity contribution in [3.05, 3.63) is 243 Å². The van der Waals surface area contributed by atoms with Crippen molar-refractivity contribution in [2.75, 3.05) is 4.90 Å². The Labute approximate surface area is 376 Å². The zero-order valence-electron chi connectivity index (χ0n) is 35.4. The largest absolute Gasteiger partial charge is 0.455 e. The minimum absolute atomic E-state index is 0.867. The van der Waals surface area contributed by atoms with Crippen LogP contribution in [0.2, 0.25) is 0 Å². The summed E-state index contributed by atoms with van der Waals surface area (Å²) in [7, 11) is 0. The van der Waals surface area contributed by atoms with Crippen LogP contribution in [0.3, 0.4) is 0 Å². The molecule has 0 unspecified atom stereocenters. The first-order chi connectivity index (χ1) is 32.2. The molecule has 0 radical (unpaired) electrons. The molecule has 0 saturated carbocycles. The predicted octanol–water partition coefficient (Wildman–Crippen LogP) is 17.5. The van der Waals surface area contributed by atoms with Crippen LogP contribution in [0.25, 0.3) is 104 Å². The molecular weight excluding hydrogens is 789 g/mol. The molecule has 2 heterocycles. The first-order valence-corrected chi connectivity index (χ1v) is 22.2. The normalized spacial score (nSPS) is 11.7. The fourth-order valence-corrected chi connectivity index (χ4v) is 10.1. The van der Waals surface area contributed by atoms with Crippen LogP contribution in [0.15, 0.2) is 247 Å². The van der Waals surface area contributed by atoms with Gasteiger partial charge in [-0.3, -0.25) is 0 Å². The van der Waals surface area contributed by atoms with Crippen LogP contribution in [0.1, 0.15) is 0 Å². The summed E-state index contributed by atoms with van der Waals surface area (Å²) in [5.41, 5.74) is 15.2. The topological polar surface area (TPSA) is 21.3 Å². The first kappa shape index (κ1) is 36.9. The molecule has 304 valence electrons. The third kappa shape index (κ3) is 6.20. The van der Waals surface area contributed by atoms with Crippen LogP contribution in [-0.2, 0) is 0 Å². The van der Waals surface area contributed by atoms with Gasteiger partial charge in [-0.05, 0) is 122 Å². The molecule has 0 amide bonds. The average molecular weight is 829 g/mol. The SMILES string of the molecule is c1ccc(-c2cccc(N(c3cccc(-c4ccc5c(ccc6ccccc65)c4)c3)c3cc(-c4ccc(-n5c6ccccc6c6ccccc65)cc4)c4oc5ccccc5c4c3)c2)cc1. The highest BCUT2D eigenvalue weighted by atomic mass is 16.3. The Balaban J connectivity index is 1.00. The maximum Gasteiger partial charge on any atom is 0.143 e. The highest BCUT2D eigenvalue weighted by Gasteiger charge is 2.21. The lowest BCUT2D eigenvalue weighted by molar-refractivity contribution is 0.670. The monoisotopic (exact) mass is 828 g/mol. The van der Waals surface area contributed by atoms with E-state index in [1.807, 2.05) is 6.07 Å². The van der Waals surface area contributed by atoms with Gasteiger partial charge in [0.05, 0.1) is 11.0 Å². The number of benzene rings is 11. The number of furan rings is 1. The number of rotatable bonds is 7. The second-order valence-corrected chi connectivity index (χ2v) is 16.9. The molecule has 0 aliphatic rings. The van der Waals surface area contributed by atoms with Crippen molar-refractivity contribution < 1.29 is 4.42 Å². The molecule has 0 atom stereocenters. The fourth-order valence-electron chi connectivity index (χ4n) is 10.1. The molecule has 0 fully saturated rings. The zero-order chi connectivity index (χ0) is 42.8. The van der Waals surface area contributed by atoms with Gasteiger partial charge in [-0.25, -0.2) is 0 Å².